The van der Waals surface area contributed by atoms with Gasteiger partial charge in [0.25, 0.3) is 5.91 Å². The molecule has 0 saturated carbocycles. The van der Waals surface area contributed by atoms with Gasteiger partial charge in [-0.15, -0.1) is 0 Å². The summed E-state index contributed by atoms with van der Waals surface area (Å²) in [7, 11) is -3.55. The number of hydrogen-bond donors (Lipinski definition) is 2. The minimum atomic E-state index is -3.55. The summed E-state index contributed by atoms with van der Waals surface area (Å²) in [5.74, 6) is 0.417. The fraction of sp³-hybridized carbons (Fsp3) is 0.316. The zero-order valence-electron chi connectivity index (χ0n) is 15.3. The molecular weight excluding hydrogens is 352 g/mol. The zero-order chi connectivity index (χ0) is 19.3. The Kier molecular flexibility index (Phi) is 6.39. The van der Waals surface area contributed by atoms with Gasteiger partial charge >= 0.3 is 0 Å². The van der Waals surface area contributed by atoms with E-state index in [0.717, 1.165) is 0 Å². The van der Waals surface area contributed by atoms with Crippen LogP contribution < -0.4 is 14.8 Å². The third-order valence-corrected chi connectivity index (χ3v) is 4.98. The van der Waals surface area contributed by atoms with Gasteiger partial charge in [-0.1, -0.05) is 0 Å². The van der Waals surface area contributed by atoms with E-state index in [1.165, 1.54) is 12.1 Å². The van der Waals surface area contributed by atoms with E-state index in [2.05, 4.69) is 10.0 Å². The summed E-state index contributed by atoms with van der Waals surface area (Å²) in [5, 5.41) is 2.74. The summed E-state index contributed by atoms with van der Waals surface area (Å²) in [6, 6.07) is 12.7. The molecule has 0 saturated heterocycles. The SMILES string of the molecule is CC(C)NS(=O)(=O)c1ccc(NC(=O)c2ccc(OC(C)C)cc2)cc1. The number of benzene rings is 2. The number of hydrogen-bond acceptors (Lipinski definition) is 4. The molecule has 0 aliphatic heterocycles. The molecule has 0 fully saturated rings. The molecule has 0 aliphatic rings. The monoisotopic (exact) mass is 376 g/mol. The van der Waals surface area contributed by atoms with E-state index < -0.39 is 10.0 Å². The van der Waals surface area contributed by atoms with Crippen molar-refractivity contribution < 1.29 is 17.9 Å². The van der Waals surface area contributed by atoms with Gasteiger partial charge in [-0.3, -0.25) is 4.79 Å². The molecule has 26 heavy (non-hydrogen) atoms. The Bertz CT molecular complexity index is 842. The second-order valence-corrected chi connectivity index (χ2v) is 8.16. The number of rotatable bonds is 7. The highest BCUT2D eigenvalue weighted by atomic mass is 32.2. The van der Waals surface area contributed by atoms with Gasteiger partial charge in [-0.05, 0) is 76.2 Å². The number of amides is 1. The Morgan fingerprint density at radius 3 is 2.00 bits per heavy atom. The summed E-state index contributed by atoms with van der Waals surface area (Å²) >= 11 is 0. The van der Waals surface area contributed by atoms with Crippen LogP contribution in [0, 0.1) is 0 Å². The van der Waals surface area contributed by atoms with Crippen molar-refractivity contribution in [1.82, 2.24) is 4.72 Å². The lowest BCUT2D eigenvalue weighted by Crippen LogP contribution is -2.30. The summed E-state index contributed by atoms with van der Waals surface area (Å²) in [5.41, 5.74) is 1.00. The topological polar surface area (TPSA) is 84.5 Å². The van der Waals surface area contributed by atoms with Crippen molar-refractivity contribution in [3.8, 4) is 5.75 Å². The third kappa shape index (κ3) is 5.57. The largest absolute Gasteiger partial charge is 0.491 e. The van der Waals surface area contributed by atoms with Gasteiger partial charge in [-0.2, -0.15) is 0 Å². The van der Waals surface area contributed by atoms with Crippen LogP contribution in [0.5, 0.6) is 5.75 Å². The van der Waals surface area contributed by atoms with Crippen LogP contribution >= 0.6 is 0 Å². The first-order chi connectivity index (χ1) is 12.2. The van der Waals surface area contributed by atoms with Crippen molar-refractivity contribution >= 4 is 21.6 Å². The van der Waals surface area contributed by atoms with Gasteiger partial charge < -0.3 is 10.1 Å². The van der Waals surface area contributed by atoms with Crippen molar-refractivity contribution in [3.05, 3.63) is 54.1 Å². The molecule has 1 amide bonds. The minimum absolute atomic E-state index is 0.0645. The van der Waals surface area contributed by atoms with E-state index in [-0.39, 0.29) is 22.9 Å². The van der Waals surface area contributed by atoms with Crippen molar-refractivity contribution in [2.75, 3.05) is 5.32 Å². The summed E-state index contributed by atoms with van der Waals surface area (Å²) in [6.45, 7) is 7.37. The van der Waals surface area contributed by atoms with Crippen molar-refractivity contribution in [1.29, 1.82) is 0 Å². The quantitative estimate of drug-likeness (QED) is 0.775. The summed E-state index contributed by atoms with van der Waals surface area (Å²) < 4.78 is 32.2. The van der Waals surface area contributed by atoms with Crippen LogP contribution in [-0.4, -0.2) is 26.5 Å². The molecule has 0 bridgehead atoms. The van der Waals surface area contributed by atoms with Crippen LogP contribution in [0.4, 0.5) is 5.69 Å². The maximum absolute atomic E-state index is 12.3. The molecular formula is C19H24N2O4S. The Morgan fingerprint density at radius 1 is 0.923 bits per heavy atom. The summed E-state index contributed by atoms with van der Waals surface area (Å²) in [6.07, 6.45) is 0.0645. The van der Waals surface area contributed by atoms with Gasteiger partial charge in [0, 0.05) is 17.3 Å². The fourth-order valence-electron chi connectivity index (χ4n) is 2.26. The molecule has 0 heterocycles. The number of anilines is 1. The van der Waals surface area contributed by atoms with Gasteiger partial charge in [-0.25, -0.2) is 13.1 Å². The molecule has 0 atom stereocenters. The fourth-order valence-corrected chi connectivity index (χ4v) is 3.51. The van der Waals surface area contributed by atoms with Crippen LogP contribution in [0.25, 0.3) is 0 Å². The highest BCUT2D eigenvalue weighted by Gasteiger charge is 2.15. The Morgan fingerprint density at radius 2 is 1.50 bits per heavy atom. The molecule has 2 N–H and O–H groups in total. The van der Waals surface area contributed by atoms with E-state index in [4.69, 9.17) is 4.74 Å². The summed E-state index contributed by atoms with van der Waals surface area (Å²) in [4.78, 5) is 12.4. The van der Waals surface area contributed by atoms with Crippen molar-refractivity contribution in [2.24, 2.45) is 0 Å². The number of sulfonamides is 1. The van der Waals surface area contributed by atoms with Gasteiger partial charge in [0.1, 0.15) is 5.75 Å². The predicted octanol–water partition coefficient (Wildman–Crippen LogP) is 3.41. The van der Waals surface area contributed by atoms with Gasteiger partial charge in [0.05, 0.1) is 11.0 Å². The number of nitrogens with one attached hydrogen (secondary N) is 2. The van der Waals surface area contributed by atoms with Crippen molar-refractivity contribution in [3.63, 3.8) is 0 Å². The standard InChI is InChI=1S/C19H24N2O4S/c1-13(2)21-26(23,24)18-11-7-16(8-12-18)20-19(22)15-5-9-17(10-6-15)25-14(3)4/h5-14,21H,1-4H3,(H,20,22). The van der Waals surface area contributed by atoms with Crippen LogP contribution in [0.15, 0.2) is 53.4 Å². The highest BCUT2D eigenvalue weighted by molar-refractivity contribution is 7.89. The van der Waals surface area contributed by atoms with E-state index >= 15 is 0 Å². The van der Waals surface area contributed by atoms with E-state index in [1.54, 1.807) is 50.2 Å². The molecule has 2 aromatic rings. The molecule has 0 unspecified atom stereocenters. The Hall–Kier alpha value is -2.38. The first-order valence-electron chi connectivity index (χ1n) is 8.38. The van der Waals surface area contributed by atoms with Gasteiger partial charge in [0.15, 0.2) is 0 Å². The first-order valence-corrected chi connectivity index (χ1v) is 9.86. The molecule has 2 rings (SSSR count). The molecule has 0 spiro atoms. The van der Waals surface area contributed by atoms with E-state index in [0.29, 0.717) is 17.0 Å². The Labute approximate surface area is 154 Å². The third-order valence-electron chi connectivity index (χ3n) is 3.30. The van der Waals surface area contributed by atoms with Gasteiger partial charge in [0.2, 0.25) is 10.0 Å². The van der Waals surface area contributed by atoms with Crippen molar-refractivity contribution in [2.45, 2.75) is 44.7 Å². The normalized spacial score (nSPS) is 11.6. The van der Waals surface area contributed by atoms with Crippen LogP contribution in [0.3, 0.4) is 0 Å². The second kappa shape index (κ2) is 8.33. The first kappa shape index (κ1) is 19.9. The highest BCUT2D eigenvalue weighted by Crippen LogP contribution is 2.17. The molecule has 7 heteroatoms. The smallest absolute Gasteiger partial charge is 0.255 e. The Balaban J connectivity index is 2.05. The maximum atomic E-state index is 12.3. The van der Waals surface area contributed by atoms with Crippen LogP contribution in [0.1, 0.15) is 38.1 Å². The second-order valence-electron chi connectivity index (χ2n) is 6.45. The lowest BCUT2D eigenvalue weighted by atomic mass is 10.2. The van der Waals surface area contributed by atoms with Crippen LogP contribution in [0.2, 0.25) is 0 Å². The molecule has 0 radical (unpaired) electrons. The molecule has 6 nitrogen and oxygen atoms in total. The lowest BCUT2D eigenvalue weighted by molar-refractivity contribution is 0.102. The minimum Gasteiger partial charge on any atom is -0.491 e. The predicted molar refractivity (Wildman–Crippen MR) is 102 cm³/mol. The number of ether oxygens (including phenoxy) is 1. The molecule has 2 aromatic carbocycles. The van der Waals surface area contributed by atoms with Crippen LogP contribution in [-0.2, 0) is 10.0 Å². The van der Waals surface area contributed by atoms with E-state index in [9.17, 15) is 13.2 Å². The lowest BCUT2D eigenvalue weighted by Gasteiger charge is -2.11. The van der Waals surface area contributed by atoms with E-state index in [1.807, 2.05) is 13.8 Å². The average molecular weight is 376 g/mol. The maximum Gasteiger partial charge on any atom is 0.255 e. The average Bonchev–Trinajstić information content (AvgIpc) is 2.54. The molecule has 0 aliphatic carbocycles. The molecule has 0 aromatic heterocycles. The number of carbonyl (C=O) groups is 1. The zero-order valence-corrected chi connectivity index (χ0v) is 16.1. The molecule has 140 valence electrons. The number of carbonyl (C=O) groups excluding carboxylic acids is 1.